The summed E-state index contributed by atoms with van der Waals surface area (Å²) in [4.78, 5) is 0.783. The fourth-order valence-electron chi connectivity index (χ4n) is 1.99. The average Bonchev–Trinajstić information content (AvgIpc) is 2.55. The van der Waals surface area contributed by atoms with E-state index < -0.39 is 11.0 Å². The number of nitrogens with one attached hydrogen (secondary N) is 1. The molecule has 2 aromatic rings. The molecule has 108 valence electrons. The summed E-state index contributed by atoms with van der Waals surface area (Å²) in [5.74, 6) is 0. The predicted molar refractivity (Wildman–Crippen MR) is 89.1 cm³/mol. The van der Waals surface area contributed by atoms with E-state index in [1.165, 1.54) is 0 Å². The zero-order chi connectivity index (χ0) is 14.9. The molecule has 21 heavy (non-hydrogen) atoms. The standard InChI is InChI=1S/C18H19NOS/c1-2-3-6-15-18(16-11-7-4-8-12-16)19-21(20)17-13-9-5-10-14-17/h2-14,18-19H,1,15H2/b6-3+/t18-,21?/m1/s1. The van der Waals surface area contributed by atoms with Crippen molar-refractivity contribution >= 4 is 11.0 Å². The Morgan fingerprint density at radius 1 is 1.05 bits per heavy atom. The number of hydrogen-bond acceptors (Lipinski definition) is 1. The maximum absolute atomic E-state index is 12.4. The first-order valence-electron chi connectivity index (χ1n) is 6.87. The van der Waals surface area contributed by atoms with Gasteiger partial charge in [-0.1, -0.05) is 73.3 Å². The first-order valence-corrected chi connectivity index (χ1v) is 8.01. The van der Waals surface area contributed by atoms with E-state index >= 15 is 0 Å². The number of hydrogen-bond donors (Lipinski definition) is 1. The van der Waals surface area contributed by atoms with E-state index in [1.807, 2.05) is 72.8 Å². The molecule has 0 spiro atoms. The van der Waals surface area contributed by atoms with Gasteiger partial charge in [0, 0.05) is 6.04 Å². The van der Waals surface area contributed by atoms with Gasteiger partial charge in [0.2, 0.25) is 0 Å². The lowest BCUT2D eigenvalue weighted by atomic mass is 10.0. The van der Waals surface area contributed by atoms with Crippen molar-refractivity contribution in [2.24, 2.45) is 0 Å². The van der Waals surface area contributed by atoms with E-state index in [1.54, 1.807) is 6.08 Å². The third kappa shape index (κ3) is 4.81. The lowest BCUT2D eigenvalue weighted by Gasteiger charge is -2.17. The smallest absolute Gasteiger partial charge is 0.125 e. The normalized spacial score (nSPS) is 13.9. The lowest BCUT2D eigenvalue weighted by Crippen LogP contribution is -2.23. The van der Waals surface area contributed by atoms with E-state index in [4.69, 9.17) is 0 Å². The van der Waals surface area contributed by atoms with Gasteiger partial charge in [-0.2, -0.15) is 0 Å². The summed E-state index contributed by atoms with van der Waals surface area (Å²) >= 11 is 0. The fraction of sp³-hybridized carbons (Fsp3) is 0.111. The topological polar surface area (TPSA) is 29.1 Å². The van der Waals surface area contributed by atoms with Crippen molar-refractivity contribution in [3.8, 4) is 0 Å². The highest BCUT2D eigenvalue weighted by Gasteiger charge is 2.13. The number of allylic oxidation sites excluding steroid dienone is 2. The molecule has 0 aromatic heterocycles. The highest BCUT2D eigenvalue weighted by atomic mass is 32.2. The second-order valence-electron chi connectivity index (χ2n) is 4.56. The Hall–Kier alpha value is -1.97. The van der Waals surface area contributed by atoms with Crippen molar-refractivity contribution in [1.29, 1.82) is 0 Å². The van der Waals surface area contributed by atoms with Gasteiger partial charge in [-0.15, -0.1) is 0 Å². The van der Waals surface area contributed by atoms with Crippen LogP contribution in [0.2, 0.25) is 0 Å². The Morgan fingerprint density at radius 2 is 1.67 bits per heavy atom. The molecule has 0 saturated carbocycles. The van der Waals surface area contributed by atoms with Gasteiger partial charge >= 0.3 is 0 Å². The van der Waals surface area contributed by atoms with Crippen molar-refractivity contribution in [2.45, 2.75) is 17.4 Å². The van der Waals surface area contributed by atoms with Gasteiger partial charge in [-0.05, 0) is 24.1 Å². The molecule has 0 radical (unpaired) electrons. The third-order valence-electron chi connectivity index (χ3n) is 3.05. The van der Waals surface area contributed by atoms with Crippen molar-refractivity contribution in [2.75, 3.05) is 0 Å². The van der Waals surface area contributed by atoms with Crippen molar-refractivity contribution < 1.29 is 4.21 Å². The molecule has 0 bridgehead atoms. The molecular formula is C18H19NOS. The van der Waals surface area contributed by atoms with Crippen LogP contribution in [0.4, 0.5) is 0 Å². The summed E-state index contributed by atoms with van der Waals surface area (Å²) < 4.78 is 15.6. The van der Waals surface area contributed by atoms with Gasteiger partial charge < -0.3 is 0 Å². The summed E-state index contributed by atoms with van der Waals surface area (Å²) in [5.41, 5.74) is 1.12. The van der Waals surface area contributed by atoms with E-state index in [2.05, 4.69) is 11.3 Å². The first-order chi connectivity index (χ1) is 10.3. The highest BCUT2D eigenvalue weighted by Crippen LogP contribution is 2.19. The van der Waals surface area contributed by atoms with Crippen molar-refractivity contribution in [3.05, 3.63) is 91.0 Å². The molecule has 0 aliphatic carbocycles. The molecule has 0 aliphatic heterocycles. The average molecular weight is 297 g/mol. The predicted octanol–water partition coefficient (Wildman–Crippen LogP) is 4.17. The van der Waals surface area contributed by atoms with Crippen LogP contribution in [0.1, 0.15) is 18.0 Å². The lowest BCUT2D eigenvalue weighted by molar-refractivity contribution is 0.631. The van der Waals surface area contributed by atoms with Crippen molar-refractivity contribution in [1.82, 2.24) is 4.72 Å². The van der Waals surface area contributed by atoms with E-state index in [0.717, 1.165) is 16.9 Å². The van der Waals surface area contributed by atoms with Crippen LogP contribution in [0.3, 0.4) is 0 Å². The summed E-state index contributed by atoms with van der Waals surface area (Å²) in [6.45, 7) is 3.67. The Balaban J connectivity index is 2.14. The van der Waals surface area contributed by atoms with Crippen LogP contribution < -0.4 is 4.72 Å². The zero-order valence-corrected chi connectivity index (χ0v) is 12.6. The summed E-state index contributed by atoms with van der Waals surface area (Å²) in [7, 11) is -1.23. The second kappa shape index (κ2) is 8.35. The minimum Gasteiger partial charge on any atom is -0.237 e. The van der Waals surface area contributed by atoms with Gasteiger partial charge in [0.05, 0.1) is 4.90 Å². The molecular weight excluding hydrogens is 278 g/mol. The monoisotopic (exact) mass is 297 g/mol. The highest BCUT2D eigenvalue weighted by molar-refractivity contribution is 7.83. The molecule has 0 heterocycles. The van der Waals surface area contributed by atoms with Crippen LogP contribution in [0.15, 0.2) is 90.4 Å². The Labute approximate surface area is 128 Å². The number of benzene rings is 2. The van der Waals surface area contributed by atoms with Gasteiger partial charge in [0.15, 0.2) is 0 Å². The molecule has 2 atom stereocenters. The Kier molecular flexibility index (Phi) is 6.13. The third-order valence-corrected chi connectivity index (χ3v) is 4.25. The van der Waals surface area contributed by atoms with Crippen LogP contribution in [0.5, 0.6) is 0 Å². The summed E-state index contributed by atoms with van der Waals surface area (Å²) in [6.07, 6.45) is 6.44. The van der Waals surface area contributed by atoms with E-state index in [0.29, 0.717) is 0 Å². The van der Waals surface area contributed by atoms with Crippen LogP contribution in [0.25, 0.3) is 0 Å². The second-order valence-corrected chi connectivity index (χ2v) is 5.81. The molecule has 1 N–H and O–H groups in total. The molecule has 0 amide bonds. The van der Waals surface area contributed by atoms with Gasteiger partial charge in [-0.25, -0.2) is 8.93 Å². The summed E-state index contributed by atoms with van der Waals surface area (Å²) in [5, 5.41) is 0. The van der Waals surface area contributed by atoms with Gasteiger partial charge in [0.25, 0.3) is 0 Å². The first kappa shape index (κ1) is 15.4. The quantitative estimate of drug-likeness (QED) is 0.763. The maximum atomic E-state index is 12.4. The van der Waals surface area contributed by atoms with E-state index in [-0.39, 0.29) is 6.04 Å². The fourth-order valence-corrected chi connectivity index (χ4v) is 3.02. The van der Waals surface area contributed by atoms with Crippen LogP contribution in [-0.2, 0) is 11.0 Å². The molecule has 0 fully saturated rings. The minimum absolute atomic E-state index is 0.00318. The Morgan fingerprint density at radius 3 is 2.29 bits per heavy atom. The number of rotatable bonds is 7. The SMILES string of the molecule is C=C/C=C/C[C@@H](NS(=O)c1ccccc1)c1ccccc1. The van der Waals surface area contributed by atoms with Gasteiger partial charge in [0.1, 0.15) is 11.0 Å². The van der Waals surface area contributed by atoms with Gasteiger partial charge in [-0.3, -0.25) is 0 Å². The molecule has 2 rings (SSSR count). The zero-order valence-electron chi connectivity index (χ0n) is 11.8. The van der Waals surface area contributed by atoms with Crippen LogP contribution in [0, 0.1) is 0 Å². The molecule has 1 unspecified atom stereocenters. The van der Waals surface area contributed by atoms with E-state index in [9.17, 15) is 4.21 Å². The Bertz CT molecular complexity index is 608. The van der Waals surface area contributed by atoms with Crippen molar-refractivity contribution in [3.63, 3.8) is 0 Å². The molecule has 2 aromatic carbocycles. The molecule has 3 heteroatoms. The van der Waals surface area contributed by atoms with Crippen LogP contribution >= 0.6 is 0 Å². The molecule has 2 nitrogen and oxygen atoms in total. The minimum atomic E-state index is -1.23. The summed E-state index contributed by atoms with van der Waals surface area (Å²) in [6, 6.07) is 19.5. The van der Waals surface area contributed by atoms with Crippen LogP contribution in [-0.4, -0.2) is 4.21 Å². The molecule has 0 saturated heterocycles. The largest absolute Gasteiger partial charge is 0.237 e. The maximum Gasteiger partial charge on any atom is 0.125 e. The molecule has 0 aliphatic rings.